The van der Waals surface area contributed by atoms with Crippen LogP contribution in [-0.4, -0.2) is 99.3 Å². The van der Waals surface area contributed by atoms with Crippen LogP contribution in [-0.2, 0) is 34.3 Å². The first-order valence-corrected chi connectivity index (χ1v) is 28.3. The minimum atomic E-state index is -0.734. The number of nitrogens with zero attached hydrogens (tertiary/aromatic N) is 7. The molecule has 2 N–H and O–H groups in total. The zero-order valence-corrected chi connectivity index (χ0v) is 45.9. The number of carbonyl (C=O) groups is 4. The van der Waals surface area contributed by atoms with E-state index in [1.807, 2.05) is 99.2 Å². The molecule has 4 aliphatic rings. The molecule has 7 aromatic rings. The predicted molar refractivity (Wildman–Crippen MR) is 303 cm³/mol. The smallest absolute Gasteiger partial charge is 0.358 e. The number of para-hydroxylation sites is 1. The molecule has 16 heteroatoms. The Labute approximate surface area is 454 Å². The number of fused-ring (bicyclic) bond motifs is 3. The third kappa shape index (κ3) is 11.2. The third-order valence-electron chi connectivity index (χ3n) is 16.3. The number of nitrogens with one attached hydrogen (secondary N) is 2. The summed E-state index contributed by atoms with van der Waals surface area (Å²) in [5, 5.41) is 11.8. The Kier molecular flexibility index (Phi) is 14.6. The number of hydrogen-bond donors (Lipinski definition) is 2. The van der Waals surface area contributed by atoms with E-state index in [4.69, 9.17) is 19.6 Å². The van der Waals surface area contributed by atoms with E-state index in [0.29, 0.717) is 66.3 Å². The molecule has 0 bridgehead atoms. The molecule has 15 nitrogen and oxygen atoms in total. The van der Waals surface area contributed by atoms with Gasteiger partial charge in [-0.15, -0.1) is 0 Å². The number of carbonyl (C=O) groups excluding carboxylic acids is 4. The monoisotopic (exact) mass is 1060 g/mol. The minimum absolute atomic E-state index is 0.107. The Bertz CT molecular complexity index is 3350. The van der Waals surface area contributed by atoms with Crippen LogP contribution in [0.3, 0.4) is 0 Å². The number of aryl methyl sites for hydroxylation is 1. The number of piperidine rings is 1. The molecule has 3 amide bonds. The second-order valence-electron chi connectivity index (χ2n) is 22.5. The van der Waals surface area contributed by atoms with Crippen LogP contribution in [0.4, 0.5) is 16.6 Å². The van der Waals surface area contributed by atoms with E-state index in [1.165, 1.54) is 23.4 Å². The van der Waals surface area contributed by atoms with E-state index >= 15 is 0 Å². The van der Waals surface area contributed by atoms with Crippen molar-refractivity contribution in [3.05, 3.63) is 125 Å². The quantitative estimate of drug-likeness (QED) is 0.0831. The molecular weight excluding hydrogens is 987 g/mol. The predicted octanol–water partition coefficient (Wildman–Crippen LogP) is 10.6. The second-order valence-corrected chi connectivity index (χ2v) is 23.5. The summed E-state index contributed by atoms with van der Waals surface area (Å²) in [6.45, 7) is 16.2. The number of benzene rings is 4. The fourth-order valence-corrected chi connectivity index (χ4v) is 12.8. The Hall–Kier alpha value is -7.17. The maximum Gasteiger partial charge on any atom is 0.358 e. The average Bonchev–Trinajstić information content (AvgIpc) is 4.10. The Morgan fingerprint density at radius 1 is 0.844 bits per heavy atom. The first kappa shape index (κ1) is 51.9. The van der Waals surface area contributed by atoms with Crippen LogP contribution in [0.2, 0.25) is 0 Å². The highest BCUT2D eigenvalue weighted by molar-refractivity contribution is 7.22. The molecule has 77 heavy (non-hydrogen) atoms. The molecule has 1 aliphatic carbocycles. The lowest BCUT2D eigenvalue weighted by Gasteiger charge is -2.37. The van der Waals surface area contributed by atoms with E-state index in [0.717, 1.165) is 113 Å². The largest absolute Gasteiger partial charge is 0.490 e. The summed E-state index contributed by atoms with van der Waals surface area (Å²) in [6, 6.07) is 30.2. The maximum absolute atomic E-state index is 14.2. The lowest BCUT2D eigenvalue weighted by molar-refractivity contribution is -0.134. The van der Waals surface area contributed by atoms with E-state index < -0.39 is 17.5 Å². The minimum Gasteiger partial charge on any atom is -0.490 e. The van der Waals surface area contributed by atoms with Gasteiger partial charge in [-0.2, -0.15) is 5.10 Å². The van der Waals surface area contributed by atoms with E-state index in [1.54, 1.807) is 0 Å². The summed E-state index contributed by atoms with van der Waals surface area (Å²) in [4.78, 5) is 69.3. The molecule has 2 atom stereocenters. The Morgan fingerprint density at radius 2 is 1.64 bits per heavy atom. The number of rotatable bonds is 13. The number of hydrogen-bond acceptors (Lipinski definition) is 13. The fraction of sp³-hybridized carbons (Fsp3) is 0.426. The van der Waals surface area contributed by atoms with Crippen molar-refractivity contribution in [3.8, 4) is 16.9 Å². The number of anilines is 3. The van der Waals surface area contributed by atoms with E-state index in [2.05, 4.69) is 68.4 Å². The average molecular weight is 1060 g/mol. The number of aromatic nitrogens is 4. The Morgan fingerprint density at radius 3 is 2.42 bits per heavy atom. The highest BCUT2D eigenvalue weighted by atomic mass is 32.1. The molecule has 3 aromatic heterocycles. The van der Waals surface area contributed by atoms with Crippen molar-refractivity contribution in [1.29, 1.82) is 0 Å². The summed E-state index contributed by atoms with van der Waals surface area (Å²) < 4.78 is 15.7. The van der Waals surface area contributed by atoms with Gasteiger partial charge in [0.15, 0.2) is 10.8 Å². The topological polar surface area (TPSA) is 164 Å². The number of piperazine rings is 1. The fourth-order valence-electron chi connectivity index (χ4n) is 11.9. The van der Waals surface area contributed by atoms with Gasteiger partial charge >= 0.3 is 5.97 Å². The van der Waals surface area contributed by atoms with Crippen molar-refractivity contribution >= 4 is 72.8 Å². The number of ether oxygens (including phenoxy) is 2. The molecule has 3 fully saturated rings. The molecule has 6 heterocycles. The standard InChI is InChI=1S/C61H69N9O6S/c1-37(27-29-68-31-33-69(34-32-68)41-19-22-46-50(35-41)67(6)66-55(46)47-24-26-54(71)64-58(47)73)39-17-20-42(21-18-39)75-51-15-10-12-43(38(51)2)44-23-25-53(63-56(44)59(74)76-61(3,4)5)70-30-28-40-11-9-13-45(48(40)36-70)57(72)65-60-62-49-14-7-8-16-52(49)77-60/h7-16,19,22-23,25,35,37,39,42,47H,17-18,20-21,24,26-34,36H2,1-6H3,(H,62,65,72)(H,64,71,73)/t37-,39?,42?,47-/m0/s1. The van der Waals surface area contributed by atoms with Gasteiger partial charge in [-0.3, -0.25) is 34.6 Å². The number of imide groups is 1. The number of pyridine rings is 1. The first-order chi connectivity index (χ1) is 37.1. The van der Waals surface area contributed by atoms with Crippen LogP contribution < -0.4 is 25.2 Å². The first-order valence-electron chi connectivity index (χ1n) is 27.4. The van der Waals surface area contributed by atoms with Crippen molar-refractivity contribution in [2.45, 2.75) is 110 Å². The van der Waals surface area contributed by atoms with Gasteiger partial charge in [0, 0.05) is 74.9 Å². The zero-order valence-electron chi connectivity index (χ0n) is 45.1. The van der Waals surface area contributed by atoms with Gasteiger partial charge in [0.2, 0.25) is 11.8 Å². The number of thiazole rings is 1. The van der Waals surface area contributed by atoms with Crippen LogP contribution >= 0.6 is 11.3 Å². The highest BCUT2D eigenvalue weighted by Crippen LogP contribution is 2.39. The molecule has 2 saturated heterocycles. The van der Waals surface area contributed by atoms with Crippen molar-refractivity contribution in [2.75, 3.05) is 54.4 Å². The van der Waals surface area contributed by atoms with Gasteiger partial charge in [0.25, 0.3) is 5.91 Å². The van der Waals surface area contributed by atoms with Gasteiger partial charge in [-0.1, -0.05) is 54.7 Å². The third-order valence-corrected chi connectivity index (χ3v) is 17.2. The van der Waals surface area contributed by atoms with Gasteiger partial charge < -0.3 is 19.3 Å². The van der Waals surface area contributed by atoms with Gasteiger partial charge in [-0.05, 0) is 168 Å². The van der Waals surface area contributed by atoms with Gasteiger partial charge in [-0.25, -0.2) is 14.8 Å². The number of amides is 3. The zero-order chi connectivity index (χ0) is 53.5. The summed E-state index contributed by atoms with van der Waals surface area (Å²) in [5.74, 6) is 1.14. The molecule has 11 rings (SSSR count). The van der Waals surface area contributed by atoms with Gasteiger partial charge in [0.05, 0.1) is 33.4 Å². The van der Waals surface area contributed by atoms with Crippen molar-refractivity contribution in [2.24, 2.45) is 18.9 Å². The Balaban J connectivity index is 0.701. The van der Waals surface area contributed by atoms with Crippen LogP contribution in [0.5, 0.6) is 5.75 Å². The van der Waals surface area contributed by atoms with Crippen LogP contribution in [0.25, 0.3) is 32.2 Å². The van der Waals surface area contributed by atoms with Crippen molar-refractivity contribution in [1.82, 2.24) is 30.0 Å². The summed E-state index contributed by atoms with van der Waals surface area (Å²) in [5.41, 5.74) is 8.43. The van der Waals surface area contributed by atoms with Crippen molar-refractivity contribution in [3.63, 3.8) is 0 Å². The van der Waals surface area contributed by atoms with Gasteiger partial charge in [0.1, 0.15) is 17.2 Å². The molecule has 0 radical (unpaired) electrons. The van der Waals surface area contributed by atoms with E-state index in [-0.39, 0.29) is 29.5 Å². The van der Waals surface area contributed by atoms with Crippen LogP contribution in [0, 0.1) is 18.8 Å². The molecule has 3 aliphatic heterocycles. The lowest BCUT2D eigenvalue weighted by atomic mass is 9.78. The van der Waals surface area contributed by atoms with E-state index in [9.17, 15) is 19.2 Å². The van der Waals surface area contributed by atoms with Crippen molar-refractivity contribution < 1.29 is 28.7 Å². The molecule has 400 valence electrons. The SMILES string of the molecule is Cc1c(OC2CCC([C@@H](C)CCN3CCN(c4ccc5c([C@@H]6CCC(=O)NC6=O)nn(C)c5c4)CC3)CC2)cccc1-c1ccc(N2CCc3cccc(C(=O)Nc4nc5ccccc5s4)c3C2)nc1C(=O)OC(C)(C)C. The summed E-state index contributed by atoms with van der Waals surface area (Å²) >= 11 is 1.45. The summed E-state index contributed by atoms with van der Waals surface area (Å²) in [7, 11) is 1.92. The number of esters is 1. The molecule has 0 spiro atoms. The molecule has 4 aromatic carbocycles. The van der Waals surface area contributed by atoms with Crippen LogP contribution in [0.15, 0.2) is 91.0 Å². The molecule has 1 saturated carbocycles. The lowest BCUT2D eigenvalue weighted by Crippen LogP contribution is -2.47. The molecule has 0 unspecified atom stereocenters. The second kappa shape index (κ2) is 21.7. The normalized spacial score (nSPS) is 19.7. The van der Waals surface area contributed by atoms with Crippen LogP contribution in [0.1, 0.15) is 122 Å². The maximum atomic E-state index is 14.2. The highest BCUT2D eigenvalue weighted by Gasteiger charge is 2.33. The molecular formula is C61H69N9O6S. The summed E-state index contributed by atoms with van der Waals surface area (Å²) in [6.07, 6.45) is 7.07.